The Hall–Kier alpha value is -3.15. The summed E-state index contributed by atoms with van der Waals surface area (Å²) in [7, 11) is 0. The number of rotatable bonds is 12. The zero-order valence-corrected chi connectivity index (χ0v) is 20.7. The first-order valence-electron chi connectivity index (χ1n) is 11.1. The largest absolute Gasteiger partial charge is 0.493 e. The number of carbonyl (C=O) groups is 1. The number of ether oxygens (including phenoxy) is 2. The lowest BCUT2D eigenvalue weighted by Crippen LogP contribution is -2.62. The van der Waals surface area contributed by atoms with E-state index in [1.165, 1.54) is 23.5 Å². The van der Waals surface area contributed by atoms with Crippen molar-refractivity contribution in [1.29, 1.82) is 0 Å². The molecule has 0 aliphatic rings. The van der Waals surface area contributed by atoms with Crippen LogP contribution in [0, 0.1) is 0 Å². The van der Waals surface area contributed by atoms with Gasteiger partial charge in [-0.2, -0.15) is 35.1 Å². The number of benzene rings is 2. The molecule has 0 N–H and O–H groups in total. The van der Waals surface area contributed by atoms with Crippen LogP contribution in [-0.2, 0) is 9.53 Å². The van der Waals surface area contributed by atoms with Gasteiger partial charge in [-0.15, -0.1) is 11.3 Å². The Labute approximate surface area is 216 Å². The smallest absolute Gasteiger partial charge is 0.378 e. The fourth-order valence-electron chi connectivity index (χ4n) is 3.31. The van der Waals surface area contributed by atoms with Crippen molar-refractivity contribution in [3.05, 3.63) is 66.7 Å². The van der Waals surface area contributed by atoms with Gasteiger partial charge in [-0.25, -0.2) is 4.79 Å². The molecule has 0 saturated heterocycles. The molecule has 0 fully saturated rings. The number of thiophene rings is 1. The standard InChI is InChI=1S/C26H22F8O3S/c1-16(2)22(35)37-13-11-24(29,30)26(33,34)25(31,32)23(27,28)10-12-36-19-9-8-18-14-20(38-21(18)15-19)17-6-4-3-5-7-17/h3-9,14-15H,1,10-13H2,2H3. The third-order valence-electron chi connectivity index (χ3n) is 5.55. The molecule has 3 rings (SSSR count). The summed E-state index contributed by atoms with van der Waals surface area (Å²) >= 11 is 1.36. The molecule has 0 aliphatic heterocycles. The highest BCUT2D eigenvalue weighted by Crippen LogP contribution is 2.54. The Morgan fingerprint density at radius 3 is 2.00 bits per heavy atom. The average Bonchev–Trinajstić information content (AvgIpc) is 3.27. The number of hydrogen-bond donors (Lipinski definition) is 0. The molecule has 0 spiro atoms. The second kappa shape index (κ2) is 10.9. The Kier molecular flexibility index (Phi) is 8.45. The molecule has 0 amide bonds. The van der Waals surface area contributed by atoms with Gasteiger partial charge in [-0.3, -0.25) is 0 Å². The highest BCUT2D eigenvalue weighted by Gasteiger charge is 2.79. The predicted molar refractivity (Wildman–Crippen MR) is 128 cm³/mol. The van der Waals surface area contributed by atoms with Gasteiger partial charge in [0.1, 0.15) is 5.75 Å². The van der Waals surface area contributed by atoms with Gasteiger partial charge in [0.25, 0.3) is 0 Å². The second-order valence-electron chi connectivity index (χ2n) is 8.50. The van der Waals surface area contributed by atoms with Crippen LogP contribution in [-0.4, -0.2) is 42.9 Å². The molecule has 0 bridgehead atoms. The fraction of sp³-hybridized carbons (Fsp3) is 0.346. The first-order chi connectivity index (χ1) is 17.6. The van der Waals surface area contributed by atoms with Gasteiger partial charge >= 0.3 is 29.7 Å². The molecule has 1 heterocycles. The fourth-order valence-corrected chi connectivity index (χ4v) is 4.41. The average molecular weight is 567 g/mol. The van der Waals surface area contributed by atoms with E-state index in [4.69, 9.17) is 4.74 Å². The maximum Gasteiger partial charge on any atom is 0.378 e. The first-order valence-corrected chi connectivity index (χ1v) is 12.0. The minimum atomic E-state index is -6.46. The monoisotopic (exact) mass is 566 g/mol. The molecule has 0 aliphatic carbocycles. The zero-order chi connectivity index (χ0) is 28.4. The summed E-state index contributed by atoms with van der Waals surface area (Å²) in [6, 6.07) is 15.7. The van der Waals surface area contributed by atoms with Crippen molar-refractivity contribution in [1.82, 2.24) is 0 Å². The van der Waals surface area contributed by atoms with Gasteiger partial charge in [-0.05, 0) is 42.1 Å². The summed E-state index contributed by atoms with van der Waals surface area (Å²) in [5, 5.41) is 0.800. The van der Waals surface area contributed by atoms with Gasteiger partial charge in [-0.1, -0.05) is 36.9 Å². The quantitative estimate of drug-likeness (QED) is 0.126. The van der Waals surface area contributed by atoms with Gasteiger partial charge < -0.3 is 9.47 Å². The van der Waals surface area contributed by atoms with Crippen LogP contribution in [0.25, 0.3) is 20.5 Å². The lowest BCUT2D eigenvalue weighted by atomic mass is 9.95. The van der Waals surface area contributed by atoms with Crippen LogP contribution < -0.4 is 4.74 Å². The van der Waals surface area contributed by atoms with E-state index in [0.29, 0.717) is 4.70 Å². The van der Waals surface area contributed by atoms with Gasteiger partial charge in [0.15, 0.2) is 0 Å². The molecule has 2 aromatic carbocycles. The van der Waals surface area contributed by atoms with E-state index in [1.54, 1.807) is 6.07 Å². The number of fused-ring (bicyclic) bond motifs is 1. The summed E-state index contributed by atoms with van der Waals surface area (Å²) in [5.41, 5.74) is 0.677. The Morgan fingerprint density at radius 1 is 0.842 bits per heavy atom. The SMILES string of the molecule is C=C(C)C(=O)OCCC(F)(F)C(F)(F)C(F)(F)C(F)(F)CCOc1ccc2cc(-c3ccccc3)sc2c1. The molecule has 3 aromatic rings. The van der Waals surface area contributed by atoms with E-state index in [-0.39, 0.29) is 11.3 Å². The maximum atomic E-state index is 14.2. The molecule has 12 heteroatoms. The van der Waals surface area contributed by atoms with E-state index in [0.717, 1.165) is 22.8 Å². The van der Waals surface area contributed by atoms with Crippen LogP contribution in [0.2, 0.25) is 0 Å². The van der Waals surface area contributed by atoms with Crippen LogP contribution in [0.4, 0.5) is 35.1 Å². The lowest BCUT2D eigenvalue weighted by molar-refractivity contribution is -0.368. The maximum absolute atomic E-state index is 14.2. The number of hydrogen-bond acceptors (Lipinski definition) is 4. The minimum Gasteiger partial charge on any atom is -0.493 e. The van der Waals surface area contributed by atoms with Gasteiger partial charge in [0.2, 0.25) is 0 Å². The van der Waals surface area contributed by atoms with Crippen LogP contribution in [0.3, 0.4) is 0 Å². The summed E-state index contributed by atoms with van der Waals surface area (Å²) in [5.74, 6) is -25.3. The van der Waals surface area contributed by atoms with Crippen LogP contribution in [0.15, 0.2) is 66.7 Å². The van der Waals surface area contributed by atoms with Crippen molar-refractivity contribution in [3.8, 4) is 16.2 Å². The molecule has 38 heavy (non-hydrogen) atoms. The summed E-state index contributed by atoms with van der Waals surface area (Å²) in [4.78, 5) is 12.1. The Balaban J connectivity index is 1.65. The topological polar surface area (TPSA) is 35.5 Å². The third kappa shape index (κ3) is 5.95. The second-order valence-corrected chi connectivity index (χ2v) is 9.58. The van der Waals surface area contributed by atoms with E-state index >= 15 is 0 Å². The van der Waals surface area contributed by atoms with E-state index in [1.807, 2.05) is 36.4 Å². The number of esters is 1. The first kappa shape index (κ1) is 29.4. The summed E-state index contributed by atoms with van der Waals surface area (Å²) < 4.78 is 123. The molecule has 0 atom stereocenters. The number of halogens is 8. The van der Waals surface area contributed by atoms with Crippen LogP contribution >= 0.6 is 11.3 Å². The normalized spacial score (nSPS) is 13.0. The molecule has 0 unspecified atom stereocenters. The van der Waals surface area contributed by atoms with Crippen molar-refractivity contribution < 1.29 is 49.4 Å². The number of alkyl halides is 8. The van der Waals surface area contributed by atoms with E-state index < -0.39 is 55.7 Å². The molecular formula is C26H22F8O3S. The molecule has 3 nitrogen and oxygen atoms in total. The van der Waals surface area contributed by atoms with Crippen LogP contribution in [0.5, 0.6) is 5.75 Å². The highest BCUT2D eigenvalue weighted by molar-refractivity contribution is 7.22. The predicted octanol–water partition coefficient (Wildman–Crippen LogP) is 8.39. The van der Waals surface area contributed by atoms with E-state index in [9.17, 15) is 39.9 Å². The molecule has 0 saturated carbocycles. The lowest BCUT2D eigenvalue weighted by Gasteiger charge is -2.36. The molecule has 0 radical (unpaired) electrons. The zero-order valence-electron chi connectivity index (χ0n) is 19.9. The van der Waals surface area contributed by atoms with Crippen molar-refractivity contribution in [2.45, 2.75) is 43.5 Å². The molecule has 1 aromatic heterocycles. The summed E-state index contributed by atoms with van der Waals surface area (Å²) in [6.45, 7) is 1.70. The van der Waals surface area contributed by atoms with Gasteiger partial charge in [0, 0.05) is 15.2 Å². The Morgan fingerprint density at radius 2 is 1.42 bits per heavy atom. The van der Waals surface area contributed by atoms with E-state index in [2.05, 4.69) is 11.3 Å². The van der Waals surface area contributed by atoms with Crippen molar-refractivity contribution in [2.75, 3.05) is 13.2 Å². The van der Waals surface area contributed by atoms with Crippen molar-refractivity contribution in [3.63, 3.8) is 0 Å². The molecular weight excluding hydrogens is 544 g/mol. The van der Waals surface area contributed by atoms with Crippen molar-refractivity contribution in [2.24, 2.45) is 0 Å². The minimum absolute atomic E-state index is 0.00879. The Bertz CT molecular complexity index is 1290. The van der Waals surface area contributed by atoms with Crippen LogP contribution in [0.1, 0.15) is 19.8 Å². The van der Waals surface area contributed by atoms with Crippen molar-refractivity contribution >= 4 is 27.4 Å². The number of carbonyl (C=O) groups excluding carboxylic acids is 1. The molecule has 206 valence electrons. The van der Waals surface area contributed by atoms with Gasteiger partial charge in [0.05, 0.1) is 26.1 Å². The third-order valence-corrected chi connectivity index (χ3v) is 6.69. The summed E-state index contributed by atoms with van der Waals surface area (Å²) in [6.07, 6.45) is -4.07. The highest BCUT2D eigenvalue weighted by atomic mass is 32.1.